The van der Waals surface area contributed by atoms with Crippen molar-refractivity contribution in [2.75, 3.05) is 18.6 Å². The van der Waals surface area contributed by atoms with E-state index in [9.17, 15) is 4.79 Å². The van der Waals surface area contributed by atoms with Crippen LogP contribution in [0.15, 0.2) is 8.68 Å². The average Bonchev–Trinajstić information content (AvgIpc) is 2.85. The van der Waals surface area contributed by atoms with Crippen molar-refractivity contribution in [1.29, 1.82) is 0 Å². The van der Waals surface area contributed by atoms with Gasteiger partial charge in [-0.05, 0) is 19.6 Å². The molecule has 0 radical (unpaired) electrons. The lowest BCUT2D eigenvalue weighted by Crippen LogP contribution is -2.42. The van der Waals surface area contributed by atoms with Gasteiger partial charge in [-0.25, -0.2) is 0 Å². The van der Waals surface area contributed by atoms with E-state index in [0.29, 0.717) is 6.61 Å². The van der Waals surface area contributed by atoms with Crippen LogP contribution in [0.5, 0.6) is 0 Å². The molecule has 0 aliphatic carbocycles. The van der Waals surface area contributed by atoms with Crippen LogP contribution in [-0.2, 0) is 9.53 Å². The molecule has 0 amide bonds. The fraction of sp³-hybridized carbons (Fsp3) is 0.750. The van der Waals surface area contributed by atoms with Gasteiger partial charge in [-0.1, -0.05) is 48.7 Å². The fourth-order valence-corrected chi connectivity index (χ4v) is 4.03. The largest absolute Gasteiger partial charge is 0.465 e. The zero-order valence-electron chi connectivity index (χ0n) is 12.2. The first-order valence-electron chi connectivity index (χ1n) is 6.49. The Labute approximate surface area is 132 Å². The van der Waals surface area contributed by atoms with E-state index in [1.807, 2.05) is 27.0 Å². The summed E-state index contributed by atoms with van der Waals surface area (Å²) in [5, 5.41) is 11.4. The number of ether oxygens (including phenoxy) is 1. The number of aromatic nitrogens is 2. The maximum Gasteiger partial charge on any atom is 0.323 e. The van der Waals surface area contributed by atoms with Gasteiger partial charge < -0.3 is 10.1 Å². The van der Waals surface area contributed by atoms with Gasteiger partial charge in [0.1, 0.15) is 6.04 Å². The highest BCUT2D eigenvalue weighted by atomic mass is 32.2. The topological polar surface area (TPSA) is 64.1 Å². The molecule has 0 fully saturated rings. The standard InChI is InChI=1S/C12H21N3O2S3/c1-5-17-10(16)9(13-8(2)3)6-7-19-12-15-14-11(18-4)20-12/h8-9,13H,5-7H2,1-4H3. The summed E-state index contributed by atoms with van der Waals surface area (Å²) in [6, 6.07) is -0.00517. The molecule has 1 atom stereocenters. The SMILES string of the molecule is CCOC(=O)C(CCSc1nnc(SC)s1)NC(C)C. The van der Waals surface area contributed by atoms with Crippen LogP contribution < -0.4 is 5.32 Å². The van der Waals surface area contributed by atoms with Gasteiger partial charge in [0.05, 0.1) is 6.61 Å². The zero-order valence-corrected chi connectivity index (χ0v) is 14.7. The number of hydrogen-bond acceptors (Lipinski definition) is 8. The van der Waals surface area contributed by atoms with Crippen LogP contribution in [0, 0.1) is 0 Å². The van der Waals surface area contributed by atoms with Crippen molar-refractivity contribution in [2.24, 2.45) is 0 Å². The van der Waals surface area contributed by atoms with Gasteiger partial charge in [-0.15, -0.1) is 10.2 Å². The van der Waals surface area contributed by atoms with E-state index in [1.165, 1.54) is 0 Å². The van der Waals surface area contributed by atoms with Crippen molar-refractivity contribution in [1.82, 2.24) is 15.5 Å². The average molecular weight is 336 g/mol. The molecular formula is C12H21N3O2S3. The molecule has 0 bridgehead atoms. The number of thioether (sulfide) groups is 2. The summed E-state index contributed by atoms with van der Waals surface area (Å²) in [5.41, 5.74) is 0. The summed E-state index contributed by atoms with van der Waals surface area (Å²) in [5.74, 6) is 0.635. The van der Waals surface area contributed by atoms with Crippen LogP contribution in [0.2, 0.25) is 0 Å². The first-order chi connectivity index (χ1) is 9.56. The Morgan fingerprint density at radius 1 is 1.40 bits per heavy atom. The molecule has 0 saturated heterocycles. The van der Waals surface area contributed by atoms with E-state index in [-0.39, 0.29) is 18.1 Å². The van der Waals surface area contributed by atoms with E-state index in [0.717, 1.165) is 20.9 Å². The molecule has 114 valence electrons. The van der Waals surface area contributed by atoms with Crippen LogP contribution in [0.1, 0.15) is 27.2 Å². The van der Waals surface area contributed by atoms with Crippen molar-refractivity contribution in [3.63, 3.8) is 0 Å². The Balaban J connectivity index is 2.42. The zero-order chi connectivity index (χ0) is 15.0. The Kier molecular flexibility index (Phi) is 8.51. The molecule has 0 aromatic carbocycles. The maximum absolute atomic E-state index is 11.8. The summed E-state index contributed by atoms with van der Waals surface area (Å²) >= 11 is 4.81. The van der Waals surface area contributed by atoms with Crippen LogP contribution in [0.25, 0.3) is 0 Å². The Morgan fingerprint density at radius 2 is 2.10 bits per heavy atom. The van der Waals surface area contributed by atoms with Gasteiger partial charge in [0, 0.05) is 11.8 Å². The van der Waals surface area contributed by atoms with Crippen LogP contribution >= 0.6 is 34.9 Å². The quantitative estimate of drug-likeness (QED) is 0.550. The van der Waals surface area contributed by atoms with E-state index in [2.05, 4.69) is 15.5 Å². The predicted molar refractivity (Wildman–Crippen MR) is 85.7 cm³/mol. The van der Waals surface area contributed by atoms with E-state index >= 15 is 0 Å². The molecule has 0 spiro atoms. The van der Waals surface area contributed by atoms with Crippen molar-refractivity contribution < 1.29 is 9.53 Å². The molecule has 5 nitrogen and oxygen atoms in total. The number of carbonyl (C=O) groups is 1. The molecule has 1 aromatic heterocycles. The summed E-state index contributed by atoms with van der Waals surface area (Å²) < 4.78 is 7.00. The molecule has 1 unspecified atom stereocenters. The summed E-state index contributed by atoms with van der Waals surface area (Å²) in [6.45, 7) is 6.28. The van der Waals surface area contributed by atoms with Crippen molar-refractivity contribution in [3.8, 4) is 0 Å². The summed E-state index contributed by atoms with van der Waals surface area (Å²) in [7, 11) is 0. The van der Waals surface area contributed by atoms with Gasteiger partial charge in [0.2, 0.25) is 0 Å². The van der Waals surface area contributed by atoms with Gasteiger partial charge >= 0.3 is 5.97 Å². The third kappa shape index (κ3) is 6.43. The third-order valence-corrected chi connectivity index (χ3v) is 5.37. The second-order valence-electron chi connectivity index (χ2n) is 4.30. The molecule has 0 aliphatic heterocycles. The molecule has 8 heteroatoms. The van der Waals surface area contributed by atoms with Crippen LogP contribution in [-0.4, -0.2) is 46.9 Å². The number of nitrogens with one attached hydrogen (secondary N) is 1. The number of esters is 1. The first kappa shape index (κ1) is 17.7. The lowest BCUT2D eigenvalue weighted by Gasteiger charge is -2.19. The minimum Gasteiger partial charge on any atom is -0.465 e. The molecule has 0 saturated carbocycles. The second-order valence-corrected chi connectivity index (χ2v) is 7.67. The molecule has 1 rings (SSSR count). The first-order valence-corrected chi connectivity index (χ1v) is 9.52. The number of nitrogens with zero attached hydrogens (tertiary/aromatic N) is 2. The number of rotatable bonds is 9. The minimum absolute atomic E-state index is 0.177. The Morgan fingerprint density at radius 3 is 2.65 bits per heavy atom. The molecular weight excluding hydrogens is 314 g/mol. The van der Waals surface area contributed by atoms with Gasteiger partial charge in [0.15, 0.2) is 8.68 Å². The highest BCUT2D eigenvalue weighted by Gasteiger charge is 2.20. The monoisotopic (exact) mass is 335 g/mol. The molecule has 1 N–H and O–H groups in total. The van der Waals surface area contributed by atoms with Gasteiger partial charge in [-0.2, -0.15) is 0 Å². The van der Waals surface area contributed by atoms with E-state index < -0.39 is 0 Å². The molecule has 1 heterocycles. The van der Waals surface area contributed by atoms with Crippen LogP contribution in [0.3, 0.4) is 0 Å². The number of hydrogen-bond donors (Lipinski definition) is 1. The smallest absolute Gasteiger partial charge is 0.323 e. The Bertz CT molecular complexity index is 412. The molecule has 1 aromatic rings. The lowest BCUT2D eigenvalue weighted by atomic mass is 10.2. The van der Waals surface area contributed by atoms with E-state index in [1.54, 1.807) is 34.9 Å². The van der Waals surface area contributed by atoms with Gasteiger partial charge in [0.25, 0.3) is 0 Å². The lowest BCUT2D eigenvalue weighted by molar-refractivity contribution is -0.145. The van der Waals surface area contributed by atoms with Gasteiger partial charge in [-0.3, -0.25) is 4.79 Å². The second kappa shape index (κ2) is 9.59. The van der Waals surface area contributed by atoms with E-state index in [4.69, 9.17) is 4.74 Å². The maximum atomic E-state index is 11.8. The Hall–Kier alpha value is -0.310. The highest BCUT2D eigenvalue weighted by molar-refractivity contribution is 8.02. The minimum atomic E-state index is -0.254. The predicted octanol–water partition coefficient (Wildman–Crippen LogP) is 2.67. The molecule has 20 heavy (non-hydrogen) atoms. The highest BCUT2D eigenvalue weighted by Crippen LogP contribution is 2.27. The van der Waals surface area contributed by atoms with Crippen molar-refractivity contribution in [2.45, 2.75) is 48.0 Å². The summed E-state index contributed by atoms with van der Waals surface area (Å²) in [4.78, 5) is 11.8. The fourth-order valence-electron chi connectivity index (χ4n) is 1.52. The normalized spacial score (nSPS) is 12.7. The third-order valence-electron chi connectivity index (χ3n) is 2.30. The number of carbonyl (C=O) groups excluding carboxylic acids is 1. The molecule has 0 aliphatic rings. The van der Waals surface area contributed by atoms with Crippen LogP contribution in [0.4, 0.5) is 0 Å². The summed E-state index contributed by atoms with van der Waals surface area (Å²) in [6.07, 6.45) is 2.70. The van der Waals surface area contributed by atoms with Crippen molar-refractivity contribution >= 4 is 40.8 Å². The van der Waals surface area contributed by atoms with Crippen molar-refractivity contribution in [3.05, 3.63) is 0 Å².